The number of hydrogen-bond acceptors (Lipinski definition) is 4. The number of amides is 2. The number of H-pyrrole nitrogens is 1. The third kappa shape index (κ3) is 2.92. The second-order valence-corrected chi connectivity index (χ2v) is 5.65. The van der Waals surface area contributed by atoms with Gasteiger partial charge >= 0.3 is 0 Å². The zero-order chi connectivity index (χ0) is 14.8. The topological polar surface area (TPSA) is 86.9 Å². The van der Waals surface area contributed by atoms with Crippen LogP contribution in [0.4, 0.5) is 11.5 Å². The first kappa shape index (κ1) is 13.7. The quantitative estimate of drug-likeness (QED) is 0.811. The van der Waals surface area contributed by atoms with E-state index in [1.54, 1.807) is 18.2 Å². The van der Waals surface area contributed by atoms with Crippen molar-refractivity contribution in [1.82, 2.24) is 10.2 Å². The third-order valence-corrected chi connectivity index (χ3v) is 4.20. The molecule has 0 unspecified atom stereocenters. The minimum absolute atomic E-state index is 0.0510. The molecule has 0 aliphatic carbocycles. The molecule has 0 atom stereocenters. The number of nitrogens with zero attached hydrogens (tertiary/aromatic N) is 1. The summed E-state index contributed by atoms with van der Waals surface area (Å²) in [6, 6.07) is 7.07. The molecule has 2 heterocycles. The van der Waals surface area contributed by atoms with E-state index >= 15 is 0 Å². The van der Waals surface area contributed by atoms with Gasteiger partial charge in [-0.3, -0.25) is 14.7 Å². The highest BCUT2D eigenvalue weighted by atomic mass is 32.2. The molecule has 7 heteroatoms. The van der Waals surface area contributed by atoms with Crippen molar-refractivity contribution >= 4 is 35.1 Å². The lowest BCUT2D eigenvalue weighted by Crippen LogP contribution is -2.20. The van der Waals surface area contributed by atoms with E-state index in [0.717, 1.165) is 17.0 Å². The van der Waals surface area contributed by atoms with Gasteiger partial charge in [0.15, 0.2) is 5.82 Å². The fourth-order valence-electron chi connectivity index (χ4n) is 2.02. The molecule has 1 aliphatic heterocycles. The standard InChI is InChI=1S/C14H14N4O2S/c1-2-9-6-12(18-17-9)16-14(20)8-3-4-11-10(5-8)15-13(19)7-21-11/h3-6H,2,7H2,1H3,(H,15,19)(H2,16,17,18,20). The number of carbonyl (C=O) groups is 2. The molecule has 0 saturated carbocycles. The Kier molecular flexibility index (Phi) is 3.66. The summed E-state index contributed by atoms with van der Waals surface area (Å²) in [6.07, 6.45) is 0.824. The Balaban J connectivity index is 1.78. The smallest absolute Gasteiger partial charge is 0.256 e. The first-order chi connectivity index (χ1) is 10.2. The molecule has 2 aromatic rings. The highest BCUT2D eigenvalue weighted by Gasteiger charge is 2.17. The Morgan fingerprint density at radius 3 is 3.05 bits per heavy atom. The fourth-order valence-corrected chi connectivity index (χ4v) is 2.81. The van der Waals surface area contributed by atoms with Crippen LogP contribution < -0.4 is 10.6 Å². The van der Waals surface area contributed by atoms with Gasteiger partial charge in [-0.25, -0.2) is 0 Å². The first-order valence-corrected chi connectivity index (χ1v) is 7.56. The minimum Gasteiger partial charge on any atom is -0.324 e. The molecule has 0 saturated heterocycles. The van der Waals surface area contributed by atoms with E-state index in [9.17, 15) is 9.59 Å². The number of aromatic amines is 1. The molecule has 108 valence electrons. The summed E-state index contributed by atoms with van der Waals surface area (Å²) in [7, 11) is 0. The van der Waals surface area contributed by atoms with Crippen molar-refractivity contribution in [3.05, 3.63) is 35.5 Å². The molecule has 3 N–H and O–H groups in total. The Hall–Kier alpha value is -2.28. The summed E-state index contributed by atoms with van der Waals surface area (Å²) >= 11 is 1.47. The Bertz CT molecular complexity index is 711. The summed E-state index contributed by atoms with van der Waals surface area (Å²) < 4.78 is 0. The van der Waals surface area contributed by atoms with Crippen molar-refractivity contribution in [1.29, 1.82) is 0 Å². The largest absolute Gasteiger partial charge is 0.324 e. The van der Waals surface area contributed by atoms with Crippen LogP contribution in [0.3, 0.4) is 0 Å². The van der Waals surface area contributed by atoms with Crippen LogP contribution in [0.15, 0.2) is 29.2 Å². The van der Waals surface area contributed by atoms with Crippen molar-refractivity contribution in [2.45, 2.75) is 18.2 Å². The molecule has 3 rings (SSSR count). The average Bonchev–Trinajstić information content (AvgIpc) is 2.94. The zero-order valence-corrected chi connectivity index (χ0v) is 12.2. The molecule has 2 amide bonds. The molecule has 0 bridgehead atoms. The number of aromatic nitrogens is 2. The van der Waals surface area contributed by atoms with E-state index in [-0.39, 0.29) is 11.8 Å². The number of aryl methyl sites for hydroxylation is 1. The maximum absolute atomic E-state index is 12.2. The zero-order valence-electron chi connectivity index (χ0n) is 11.4. The van der Waals surface area contributed by atoms with Gasteiger partial charge in [0, 0.05) is 22.2 Å². The van der Waals surface area contributed by atoms with Crippen LogP contribution in [-0.2, 0) is 11.2 Å². The number of fused-ring (bicyclic) bond motifs is 1. The summed E-state index contributed by atoms with van der Waals surface area (Å²) in [4.78, 5) is 24.6. The maximum atomic E-state index is 12.2. The molecule has 1 aromatic carbocycles. The summed E-state index contributed by atoms with van der Waals surface area (Å²) in [5.41, 5.74) is 2.12. The van der Waals surface area contributed by atoms with Gasteiger partial charge in [0.05, 0.1) is 11.4 Å². The van der Waals surface area contributed by atoms with Gasteiger partial charge in [-0.05, 0) is 24.6 Å². The van der Waals surface area contributed by atoms with E-state index < -0.39 is 0 Å². The van der Waals surface area contributed by atoms with Gasteiger partial charge in [0.25, 0.3) is 5.91 Å². The lowest BCUT2D eigenvalue weighted by atomic mass is 10.2. The second-order valence-electron chi connectivity index (χ2n) is 4.63. The van der Waals surface area contributed by atoms with E-state index in [1.165, 1.54) is 11.8 Å². The van der Waals surface area contributed by atoms with E-state index in [0.29, 0.717) is 22.8 Å². The Morgan fingerprint density at radius 2 is 2.29 bits per heavy atom. The minimum atomic E-state index is -0.253. The number of rotatable bonds is 3. The lowest BCUT2D eigenvalue weighted by molar-refractivity contribution is -0.113. The van der Waals surface area contributed by atoms with Gasteiger partial charge < -0.3 is 10.6 Å². The number of anilines is 2. The van der Waals surface area contributed by atoms with Gasteiger partial charge in [-0.1, -0.05) is 6.92 Å². The second kappa shape index (κ2) is 5.61. The summed E-state index contributed by atoms with van der Waals surface area (Å²) in [5, 5.41) is 12.4. The van der Waals surface area contributed by atoms with E-state index in [4.69, 9.17) is 0 Å². The number of benzene rings is 1. The predicted octanol–water partition coefficient (Wildman–Crippen LogP) is 2.27. The van der Waals surface area contributed by atoms with Crippen LogP contribution in [0.5, 0.6) is 0 Å². The highest BCUT2D eigenvalue weighted by molar-refractivity contribution is 8.00. The Morgan fingerprint density at radius 1 is 1.43 bits per heavy atom. The van der Waals surface area contributed by atoms with Gasteiger partial charge in [-0.15, -0.1) is 11.8 Å². The number of carbonyl (C=O) groups excluding carboxylic acids is 2. The molecular formula is C14H14N4O2S. The highest BCUT2D eigenvalue weighted by Crippen LogP contribution is 2.32. The van der Waals surface area contributed by atoms with Crippen molar-refractivity contribution in [2.24, 2.45) is 0 Å². The molecule has 0 radical (unpaired) electrons. The number of nitrogens with one attached hydrogen (secondary N) is 3. The number of thioether (sulfide) groups is 1. The van der Waals surface area contributed by atoms with Gasteiger partial charge in [0.2, 0.25) is 5.91 Å². The summed E-state index contributed by atoms with van der Waals surface area (Å²) in [6.45, 7) is 2.00. The van der Waals surface area contributed by atoms with Crippen molar-refractivity contribution in [3.8, 4) is 0 Å². The van der Waals surface area contributed by atoms with Crippen molar-refractivity contribution in [3.63, 3.8) is 0 Å². The predicted molar refractivity (Wildman–Crippen MR) is 81.7 cm³/mol. The van der Waals surface area contributed by atoms with Crippen molar-refractivity contribution in [2.75, 3.05) is 16.4 Å². The van der Waals surface area contributed by atoms with Gasteiger partial charge in [0.1, 0.15) is 0 Å². The monoisotopic (exact) mass is 302 g/mol. The van der Waals surface area contributed by atoms with Crippen LogP contribution in [0.2, 0.25) is 0 Å². The van der Waals surface area contributed by atoms with Crippen LogP contribution in [0.1, 0.15) is 23.0 Å². The molecule has 0 fully saturated rings. The van der Waals surface area contributed by atoms with Gasteiger partial charge in [-0.2, -0.15) is 5.10 Å². The van der Waals surface area contributed by atoms with Crippen LogP contribution in [-0.4, -0.2) is 27.8 Å². The molecule has 21 heavy (non-hydrogen) atoms. The SMILES string of the molecule is CCc1cc(NC(=O)c2ccc3c(c2)NC(=O)CS3)n[nH]1. The van der Waals surface area contributed by atoms with E-state index in [1.807, 2.05) is 13.0 Å². The van der Waals surface area contributed by atoms with Crippen LogP contribution >= 0.6 is 11.8 Å². The van der Waals surface area contributed by atoms with E-state index in [2.05, 4.69) is 20.8 Å². The van der Waals surface area contributed by atoms with Crippen molar-refractivity contribution < 1.29 is 9.59 Å². The lowest BCUT2D eigenvalue weighted by Gasteiger charge is -2.16. The fraction of sp³-hybridized carbons (Fsp3) is 0.214. The molecule has 1 aliphatic rings. The first-order valence-electron chi connectivity index (χ1n) is 6.58. The molecule has 1 aromatic heterocycles. The van der Waals surface area contributed by atoms with Crippen LogP contribution in [0, 0.1) is 0 Å². The third-order valence-electron chi connectivity index (χ3n) is 3.13. The normalized spacial score (nSPS) is 13.5. The Labute approximate surface area is 125 Å². The van der Waals surface area contributed by atoms with Crippen LogP contribution in [0.25, 0.3) is 0 Å². The average molecular weight is 302 g/mol. The number of hydrogen-bond donors (Lipinski definition) is 3. The molecule has 0 spiro atoms. The maximum Gasteiger partial charge on any atom is 0.256 e. The molecular weight excluding hydrogens is 288 g/mol. The molecule has 6 nitrogen and oxygen atoms in total. The summed E-state index contributed by atoms with van der Waals surface area (Å²) in [5.74, 6) is 0.598.